The third-order valence-corrected chi connectivity index (χ3v) is 5.47. The van der Waals surface area contributed by atoms with Crippen molar-refractivity contribution in [2.75, 3.05) is 32.6 Å². The number of aromatic nitrogens is 2. The molecule has 118 valence electrons. The van der Waals surface area contributed by atoms with Gasteiger partial charge in [0, 0.05) is 26.0 Å². The quantitative estimate of drug-likeness (QED) is 0.871. The molecule has 0 saturated heterocycles. The molecule has 6 heteroatoms. The third kappa shape index (κ3) is 2.67. The molecule has 5 nitrogen and oxygen atoms in total. The summed E-state index contributed by atoms with van der Waals surface area (Å²) < 4.78 is 0. The lowest BCUT2D eigenvalue weighted by atomic mass is 9.89. The molecule has 2 heterocycles. The first kappa shape index (κ1) is 15.2. The Kier molecular flexibility index (Phi) is 4.04. The first-order valence-corrected chi connectivity index (χ1v) is 8.45. The zero-order valence-electron chi connectivity index (χ0n) is 13.6. The first-order valence-electron chi connectivity index (χ1n) is 7.64. The van der Waals surface area contributed by atoms with E-state index in [-0.39, 0.29) is 5.91 Å². The summed E-state index contributed by atoms with van der Waals surface area (Å²) in [6.07, 6.45) is 5.05. The molecule has 0 aromatic carbocycles. The predicted molar refractivity (Wildman–Crippen MR) is 90.6 cm³/mol. The van der Waals surface area contributed by atoms with Gasteiger partial charge in [-0.05, 0) is 30.7 Å². The summed E-state index contributed by atoms with van der Waals surface area (Å²) >= 11 is 1.79. The van der Waals surface area contributed by atoms with E-state index in [0.717, 1.165) is 34.8 Å². The maximum atomic E-state index is 12.0. The topological polar surface area (TPSA) is 49.3 Å². The molecular weight excluding hydrogens is 296 g/mol. The minimum atomic E-state index is 0.0759. The van der Waals surface area contributed by atoms with Crippen LogP contribution in [0.25, 0.3) is 10.2 Å². The Bertz CT molecular complexity index is 709. The number of anilines is 1. The fourth-order valence-corrected chi connectivity index (χ4v) is 4.31. The SMILES string of the molecule is C[C@H]1CCc2c(sc3ncnc(N(C)CC(=O)N(C)C)c23)C1. The second-order valence-corrected chi connectivity index (χ2v) is 7.46. The molecule has 1 amide bonds. The predicted octanol–water partition coefficient (Wildman–Crippen LogP) is 2.34. The van der Waals surface area contributed by atoms with E-state index in [4.69, 9.17) is 0 Å². The molecule has 0 radical (unpaired) electrons. The Labute approximate surface area is 135 Å². The average molecular weight is 318 g/mol. The fraction of sp³-hybridized carbons (Fsp3) is 0.562. The van der Waals surface area contributed by atoms with Crippen molar-refractivity contribution in [2.24, 2.45) is 5.92 Å². The van der Waals surface area contributed by atoms with E-state index in [2.05, 4.69) is 16.9 Å². The Morgan fingerprint density at radius 1 is 1.36 bits per heavy atom. The van der Waals surface area contributed by atoms with Gasteiger partial charge in [0.1, 0.15) is 17.0 Å². The second-order valence-electron chi connectivity index (χ2n) is 6.37. The highest BCUT2D eigenvalue weighted by atomic mass is 32.1. The number of hydrogen-bond acceptors (Lipinski definition) is 5. The number of hydrogen-bond donors (Lipinski definition) is 0. The summed E-state index contributed by atoms with van der Waals surface area (Å²) in [6.45, 7) is 2.64. The van der Waals surface area contributed by atoms with Crippen molar-refractivity contribution >= 4 is 33.3 Å². The highest BCUT2D eigenvalue weighted by molar-refractivity contribution is 7.19. The van der Waals surface area contributed by atoms with E-state index in [1.165, 1.54) is 16.9 Å². The maximum absolute atomic E-state index is 12.0. The lowest BCUT2D eigenvalue weighted by molar-refractivity contribution is -0.127. The van der Waals surface area contributed by atoms with Crippen LogP contribution in [-0.2, 0) is 17.6 Å². The largest absolute Gasteiger partial charge is 0.350 e. The Balaban J connectivity index is 2.01. The summed E-state index contributed by atoms with van der Waals surface area (Å²) in [5.74, 6) is 1.70. The van der Waals surface area contributed by atoms with Crippen LogP contribution in [-0.4, -0.2) is 48.5 Å². The number of amides is 1. The average Bonchev–Trinajstić information content (AvgIpc) is 2.83. The van der Waals surface area contributed by atoms with Gasteiger partial charge in [0.15, 0.2) is 0 Å². The number of nitrogens with zero attached hydrogens (tertiary/aromatic N) is 4. The van der Waals surface area contributed by atoms with Crippen molar-refractivity contribution in [3.8, 4) is 0 Å². The zero-order chi connectivity index (χ0) is 15.9. The van der Waals surface area contributed by atoms with Crippen LogP contribution in [0.5, 0.6) is 0 Å². The molecule has 1 atom stereocenters. The van der Waals surface area contributed by atoms with E-state index in [0.29, 0.717) is 6.54 Å². The summed E-state index contributed by atoms with van der Waals surface area (Å²) in [7, 11) is 5.48. The maximum Gasteiger partial charge on any atom is 0.241 e. The molecule has 0 unspecified atom stereocenters. The van der Waals surface area contributed by atoms with Gasteiger partial charge in [0.25, 0.3) is 0 Å². The normalized spacial score (nSPS) is 17.4. The number of likely N-dealkylation sites (N-methyl/N-ethyl adjacent to an activating group) is 2. The van der Waals surface area contributed by atoms with Crippen LogP contribution in [0.1, 0.15) is 23.8 Å². The van der Waals surface area contributed by atoms with Crippen LogP contribution in [0.2, 0.25) is 0 Å². The highest BCUT2D eigenvalue weighted by Crippen LogP contribution is 2.40. The Morgan fingerprint density at radius 3 is 2.86 bits per heavy atom. The molecule has 0 bridgehead atoms. The van der Waals surface area contributed by atoms with E-state index in [1.54, 1.807) is 36.7 Å². The molecule has 0 N–H and O–H groups in total. The van der Waals surface area contributed by atoms with Gasteiger partial charge in [0.2, 0.25) is 5.91 Å². The second kappa shape index (κ2) is 5.83. The van der Waals surface area contributed by atoms with E-state index < -0.39 is 0 Å². The van der Waals surface area contributed by atoms with Gasteiger partial charge < -0.3 is 9.80 Å². The fourth-order valence-electron chi connectivity index (χ4n) is 2.97. The van der Waals surface area contributed by atoms with Crippen molar-refractivity contribution in [2.45, 2.75) is 26.2 Å². The molecule has 22 heavy (non-hydrogen) atoms. The van der Waals surface area contributed by atoms with Crippen LogP contribution < -0.4 is 4.90 Å². The van der Waals surface area contributed by atoms with Crippen molar-refractivity contribution in [3.63, 3.8) is 0 Å². The van der Waals surface area contributed by atoms with Gasteiger partial charge in [-0.1, -0.05) is 6.92 Å². The Morgan fingerprint density at radius 2 is 2.14 bits per heavy atom. The van der Waals surface area contributed by atoms with Crippen LogP contribution in [0.3, 0.4) is 0 Å². The van der Waals surface area contributed by atoms with Gasteiger partial charge >= 0.3 is 0 Å². The molecule has 0 aliphatic heterocycles. The molecule has 0 spiro atoms. The van der Waals surface area contributed by atoms with Crippen molar-refractivity contribution < 1.29 is 4.79 Å². The van der Waals surface area contributed by atoms with E-state index >= 15 is 0 Å². The molecule has 1 aliphatic rings. The van der Waals surface area contributed by atoms with E-state index in [1.807, 2.05) is 11.9 Å². The van der Waals surface area contributed by atoms with Gasteiger partial charge in [-0.3, -0.25) is 4.79 Å². The van der Waals surface area contributed by atoms with Crippen molar-refractivity contribution in [3.05, 3.63) is 16.8 Å². The molecule has 2 aromatic rings. The summed E-state index contributed by atoms with van der Waals surface area (Å²) in [6, 6.07) is 0. The number of carbonyl (C=O) groups is 1. The number of thiophene rings is 1. The van der Waals surface area contributed by atoms with Gasteiger partial charge in [-0.15, -0.1) is 11.3 Å². The third-order valence-electron chi connectivity index (χ3n) is 4.30. The van der Waals surface area contributed by atoms with Crippen molar-refractivity contribution in [1.82, 2.24) is 14.9 Å². The van der Waals surface area contributed by atoms with Crippen LogP contribution in [0.4, 0.5) is 5.82 Å². The first-order chi connectivity index (χ1) is 10.5. The van der Waals surface area contributed by atoms with Gasteiger partial charge in [-0.2, -0.15) is 0 Å². The molecule has 0 fully saturated rings. The van der Waals surface area contributed by atoms with Gasteiger partial charge in [0.05, 0.1) is 11.9 Å². The summed E-state index contributed by atoms with van der Waals surface area (Å²) in [4.78, 5) is 26.9. The molecular formula is C16H22N4OS. The number of carbonyl (C=O) groups excluding carboxylic acids is 1. The minimum Gasteiger partial charge on any atom is -0.350 e. The zero-order valence-corrected chi connectivity index (χ0v) is 14.4. The molecule has 3 rings (SSSR count). The van der Waals surface area contributed by atoms with Crippen LogP contribution in [0, 0.1) is 5.92 Å². The van der Waals surface area contributed by atoms with Crippen LogP contribution in [0.15, 0.2) is 6.33 Å². The van der Waals surface area contributed by atoms with Crippen LogP contribution >= 0.6 is 11.3 Å². The monoisotopic (exact) mass is 318 g/mol. The summed E-state index contributed by atoms with van der Waals surface area (Å²) in [5, 5.41) is 1.16. The smallest absolute Gasteiger partial charge is 0.241 e. The van der Waals surface area contributed by atoms with Crippen molar-refractivity contribution in [1.29, 1.82) is 0 Å². The molecule has 0 saturated carbocycles. The standard InChI is InChI=1S/C16H22N4OS/c1-10-5-6-11-12(7-10)22-16-14(11)15(17-9-18-16)20(4)8-13(21)19(2)3/h9-10H,5-8H2,1-4H3/t10-/m0/s1. The lowest BCUT2D eigenvalue weighted by Gasteiger charge is -2.22. The highest BCUT2D eigenvalue weighted by Gasteiger charge is 2.24. The van der Waals surface area contributed by atoms with Gasteiger partial charge in [-0.25, -0.2) is 9.97 Å². The lowest BCUT2D eigenvalue weighted by Crippen LogP contribution is -2.34. The molecule has 2 aromatic heterocycles. The number of rotatable bonds is 3. The molecule has 1 aliphatic carbocycles. The minimum absolute atomic E-state index is 0.0759. The summed E-state index contributed by atoms with van der Waals surface area (Å²) in [5.41, 5.74) is 1.40. The Hall–Kier alpha value is -1.69. The van der Waals surface area contributed by atoms with E-state index in [9.17, 15) is 4.79 Å². The number of fused-ring (bicyclic) bond motifs is 3. The number of aryl methyl sites for hydroxylation is 1.